The van der Waals surface area contributed by atoms with Crippen LogP contribution in [0.15, 0.2) is 47.1 Å². The molecule has 1 aromatic heterocycles. The lowest BCUT2D eigenvalue weighted by Gasteiger charge is -1.91. The van der Waals surface area contributed by atoms with E-state index in [4.69, 9.17) is 12.6 Å². The number of rotatable bonds is 1. The minimum absolute atomic E-state index is 0.130. The van der Waals surface area contributed by atoms with E-state index in [-0.39, 0.29) is 17.7 Å². The molecule has 0 N–H and O–H groups in total. The lowest BCUT2D eigenvalue weighted by Crippen LogP contribution is -1.73. The van der Waals surface area contributed by atoms with Crippen LogP contribution in [-0.4, -0.2) is 4.98 Å². The third-order valence-corrected chi connectivity index (χ3v) is 1.10. The summed E-state index contributed by atoms with van der Waals surface area (Å²) in [5.74, 6) is -0.146. The number of aromatic nitrogens is 1. The summed E-state index contributed by atoms with van der Waals surface area (Å²) in [7, 11) is 0. The van der Waals surface area contributed by atoms with Crippen LogP contribution in [0.5, 0.6) is 0 Å². The first-order valence-electron chi connectivity index (χ1n) is 5.93. The van der Waals surface area contributed by atoms with Gasteiger partial charge in [-0.1, -0.05) is 18.1 Å². The van der Waals surface area contributed by atoms with E-state index < -0.39 is 30.2 Å². The maximum atomic E-state index is 7.65. The van der Waals surface area contributed by atoms with Crippen molar-refractivity contribution in [2.75, 3.05) is 0 Å². The van der Waals surface area contributed by atoms with E-state index in [0.717, 1.165) is 6.20 Å². The fourth-order valence-electron chi connectivity index (χ4n) is 0.666. The fraction of sp³-hybridized carbons (Fsp3) is 0. The van der Waals surface area contributed by atoms with E-state index in [1.165, 1.54) is 0 Å². The Labute approximate surface area is 72.9 Å². The Morgan fingerprint density at radius 3 is 2.73 bits per heavy atom. The van der Waals surface area contributed by atoms with Gasteiger partial charge < -0.3 is 4.42 Å². The fourth-order valence-corrected chi connectivity index (χ4v) is 0.666. The van der Waals surface area contributed by atoms with Crippen LogP contribution in [0.2, 0.25) is 0 Å². The average Bonchev–Trinajstić information content (AvgIpc) is 2.71. The maximum Gasteiger partial charge on any atom is 0.225 e. The van der Waals surface area contributed by atoms with Crippen LogP contribution < -0.4 is 0 Å². The van der Waals surface area contributed by atoms with Gasteiger partial charge in [0, 0.05) is 5.56 Å². The minimum Gasteiger partial charge on any atom is -0.445 e. The Morgan fingerprint density at radius 2 is 2.09 bits per heavy atom. The molecule has 2 nitrogen and oxygen atoms in total. The Bertz CT molecular complexity index is 564. The molecule has 2 rings (SSSR count). The molecule has 0 radical (unpaired) electrons. The van der Waals surface area contributed by atoms with Crippen LogP contribution in [0.1, 0.15) is 8.22 Å². The van der Waals surface area contributed by atoms with Crippen molar-refractivity contribution in [2.24, 2.45) is 0 Å². The van der Waals surface area contributed by atoms with Gasteiger partial charge in [-0.3, -0.25) is 0 Å². The molecule has 0 bridgehead atoms. The van der Waals surface area contributed by atoms with Gasteiger partial charge in [-0.25, -0.2) is 4.98 Å². The van der Waals surface area contributed by atoms with E-state index in [0.29, 0.717) is 0 Å². The number of oxazole rings is 1. The van der Waals surface area contributed by atoms with E-state index in [2.05, 4.69) is 4.98 Å². The van der Waals surface area contributed by atoms with Crippen molar-refractivity contribution in [2.45, 2.75) is 0 Å². The molecule has 0 unspecified atom stereocenters. The molecule has 0 saturated heterocycles. The quantitative estimate of drug-likeness (QED) is 0.625. The Balaban J connectivity index is 2.78. The van der Waals surface area contributed by atoms with Gasteiger partial charge >= 0.3 is 0 Å². The predicted molar refractivity (Wildman–Crippen MR) is 41.9 cm³/mol. The topological polar surface area (TPSA) is 26.0 Å². The zero-order valence-corrected chi connectivity index (χ0v) is 5.43. The Hall–Kier alpha value is -1.57. The van der Waals surface area contributed by atoms with Crippen molar-refractivity contribution in [3.8, 4) is 11.5 Å². The molecule has 0 amide bonds. The standard InChI is InChI=1S/C9H7NO/c1-2-4-8(5-3-1)9-10-6-7-11-9/h1-7H/i1D,2D,3D,4D,5D,7D. The van der Waals surface area contributed by atoms with Gasteiger partial charge in [0.1, 0.15) is 7.61 Å². The molecule has 54 valence electrons. The smallest absolute Gasteiger partial charge is 0.225 e. The minimum atomic E-state index is -0.471. The first kappa shape index (κ1) is 2.48. The third-order valence-electron chi connectivity index (χ3n) is 1.10. The van der Waals surface area contributed by atoms with E-state index in [1.54, 1.807) is 0 Å². The van der Waals surface area contributed by atoms with Crippen LogP contribution in [0, 0.1) is 0 Å². The number of benzene rings is 1. The molecule has 0 atom stereocenters. The van der Waals surface area contributed by atoms with Gasteiger partial charge in [-0.2, -0.15) is 0 Å². The first-order chi connectivity index (χ1) is 7.93. The molecule has 0 saturated carbocycles. The van der Waals surface area contributed by atoms with Crippen LogP contribution in [0.3, 0.4) is 0 Å². The molecule has 2 heteroatoms. The molecular weight excluding hydrogens is 138 g/mol. The van der Waals surface area contributed by atoms with Gasteiger partial charge in [0.2, 0.25) is 5.89 Å². The van der Waals surface area contributed by atoms with Gasteiger partial charge in [-0.05, 0) is 12.1 Å². The van der Waals surface area contributed by atoms with Crippen LogP contribution in [0.4, 0.5) is 0 Å². The maximum absolute atomic E-state index is 7.65. The third kappa shape index (κ3) is 1.15. The highest BCUT2D eigenvalue weighted by Gasteiger charge is 1.97. The van der Waals surface area contributed by atoms with Crippen molar-refractivity contribution in [1.29, 1.82) is 0 Å². The summed E-state index contributed by atoms with van der Waals surface area (Å²) in [5.41, 5.74) is -0.130. The van der Waals surface area contributed by atoms with Gasteiger partial charge in [0.05, 0.1) is 13.1 Å². The summed E-state index contributed by atoms with van der Waals surface area (Å²) in [4.78, 5) is 3.70. The summed E-state index contributed by atoms with van der Waals surface area (Å²) in [6.45, 7) is 0. The molecular formula is C9H7NO. The molecule has 11 heavy (non-hydrogen) atoms. The van der Waals surface area contributed by atoms with Crippen LogP contribution >= 0.6 is 0 Å². The SMILES string of the molecule is [2H]c1cnc(-c2c([2H])c([2H])c([2H])c([2H])c2[2H])o1. The number of nitrogens with zero attached hydrogens (tertiary/aromatic N) is 1. The molecule has 0 spiro atoms. The summed E-state index contributed by atoms with van der Waals surface area (Å²) in [6, 6.07) is -2.16. The second kappa shape index (κ2) is 2.58. The van der Waals surface area contributed by atoms with Crippen LogP contribution in [-0.2, 0) is 0 Å². The number of hydrogen-bond acceptors (Lipinski definition) is 2. The van der Waals surface area contributed by atoms with Gasteiger partial charge in [-0.15, -0.1) is 0 Å². The lowest BCUT2D eigenvalue weighted by molar-refractivity contribution is 0.574. The predicted octanol–water partition coefficient (Wildman–Crippen LogP) is 2.34. The van der Waals surface area contributed by atoms with Gasteiger partial charge in [0.15, 0.2) is 0 Å². The van der Waals surface area contributed by atoms with E-state index in [1.807, 2.05) is 0 Å². The average molecular weight is 151 g/mol. The molecule has 0 aliphatic heterocycles. The van der Waals surface area contributed by atoms with Crippen molar-refractivity contribution >= 4 is 0 Å². The summed E-state index contributed by atoms with van der Waals surface area (Å²) < 4.78 is 49.7. The van der Waals surface area contributed by atoms with Crippen molar-refractivity contribution in [1.82, 2.24) is 4.98 Å². The number of hydrogen-bond donors (Lipinski definition) is 0. The van der Waals surface area contributed by atoms with E-state index >= 15 is 0 Å². The highest BCUT2D eigenvalue weighted by molar-refractivity contribution is 5.51. The summed E-state index contributed by atoms with van der Waals surface area (Å²) in [6.07, 6.45) is 0.877. The zero-order chi connectivity index (χ0) is 12.7. The van der Waals surface area contributed by atoms with E-state index in [9.17, 15) is 0 Å². The van der Waals surface area contributed by atoms with Crippen molar-refractivity contribution < 1.29 is 12.6 Å². The Kier molecular flexibility index (Phi) is 0.582. The molecule has 0 aliphatic rings. The largest absolute Gasteiger partial charge is 0.445 e. The second-order valence-electron chi connectivity index (χ2n) is 1.78. The van der Waals surface area contributed by atoms with Crippen molar-refractivity contribution in [3.63, 3.8) is 0 Å². The summed E-state index contributed by atoms with van der Waals surface area (Å²) in [5, 5.41) is 0. The molecule has 2 aromatic rings. The summed E-state index contributed by atoms with van der Waals surface area (Å²) >= 11 is 0. The Morgan fingerprint density at radius 1 is 1.27 bits per heavy atom. The highest BCUT2D eigenvalue weighted by Crippen LogP contribution is 2.14. The molecule has 1 aromatic carbocycles. The normalized spacial score (nSPS) is 17.5. The van der Waals surface area contributed by atoms with Crippen molar-refractivity contribution in [3.05, 3.63) is 42.6 Å². The molecule has 1 heterocycles. The zero-order valence-electron chi connectivity index (χ0n) is 11.4. The first-order valence-corrected chi connectivity index (χ1v) is 2.93. The monoisotopic (exact) mass is 151 g/mol. The van der Waals surface area contributed by atoms with Gasteiger partial charge in [0.25, 0.3) is 0 Å². The highest BCUT2D eigenvalue weighted by atomic mass is 16.3. The molecule has 0 aliphatic carbocycles. The second-order valence-corrected chi connectivity index (χ2v) is 1.78. The van der Waals surface area contributed by atoms with Crippen LogP contribution in [0.25, 0.3) is 11.5 Å². The lowest BCUT2D eigenvalue weighted by atomic mass is 10.2. The molecule has 0 fully saturated rings.